The topological polar surface area (TPSA) is 67.5 Å². The molecule has 0 aliphatic carbocycles. The molecule has 2 N–H and O–H groups in total. The number of ether oxygens (including phenoxy) is 1. The van der Waals surface area contributed by atoms with Crippen molar-refractivity contribution in [2.24, 2.45) is 0 Å². The highest BCUT2D eigenvalue weighted by molar-refractivity contribution is 6.35. The largest absolute Gasteiger partial charge is 0.489 e. The lowest BCUT2D eigenvalue weighted by molar-refractivity contribution is 0.105. The van der Waals surface area contributed by atoms with E-state index in [0.29, 0.717) is 34.8 Å². The average molecular weight is 331 g/mol. The van der Waals surface area contributed by atoms with Gasteiger partial charge in [0.25, 0.3) is 0 Å². The molecule has 0 aliphatic heterocycles. The highest BCUT2D eigenvalue weighted by Gasteiger charge is 2.08. The van der Waals surface area contributed by atoms with Crippen molar-refractivity contribution in [2.75, 3.05) is 13.2 Å². The Morgan fingerprint density at radius 2 is 2.24 bits per heavy atom. The van der Waals surface area contributed by atoms with Crippen molar-refractivity contribution in [1.29, 1.82) is 0 Å². The van der Waals surface area contributed by atoms with Crippen LogP contribution in [-0.2, 0) is 6.54 Å². The van der Waals surface area contributed by atoms with Crippen molar-refractivity contribution in [1.82, 2.24) is 10.3 Å². The van der Waals surface area contributed by atoms with Crippen molar-refractivity contribution < 1.29 is 14.3 Å². The molecule has 0 amide bonds. The number of hydrogen-bond acceptors (Lipinski definition) is 5. The molecule has 1 unspecified atom stereocenters. The van der Waals surface area contributed by atoms with Crippen LogP contribution >= 0.6 is 23.2 Å². The number of oxazole rings is 1. The molecule has 1 aromatic heterocycles. The van der Waals surface area contributed by atoms with E-state index in [9.17, 15) is 5.11 Å². The Morgan fingerprint density at radius 1 is 1.43 bits per heavy atom. The third-order valence-corrected chi connectivity index (χ3v) is 3.18. The average Bonchev–Trinajstić information content (AvgIpc) is 2.83. The van der Waals surface area contributed by atoms with Crippen molar-refractivity contribution in [3.8, 4) is 5.75 Å². The van der Waals surface area contributed by atoms with Gasteiger partial charge >= 0.3 is 0 Å². The molecule has 0 saturated heterocycles. The second-order valence-electron chi connectivity index (χ2n) is 4.54. The van der Waals surface area contributed by atoms with E-state index in [4.69, 9.17) is 32.4 Å². The summed E-state index contributed by atoms with van der Waals surface area (Å²) in [6, 6.07) is 4.94. The zero-order valence-corrected chi connectivity index (χ0v) is 13.0. The van der Waals surface area contributed by atoms with Gasteiger partial charge in [0.1, 0.15) is 24.2 Å². The summed E-state index contributed by atoms with van der Waals surface area (Å²) in [6.07, 6.45) is 0.979. The lowest BCUT2D eigenvalue weighted by Crippen LogP contribution is -2.31. The number of rotatable bonds is 7. The summed E-state index contributed by atoms with van der Waals surface area (Å²) in [4.78, 5) is 4.05. The van der Waals surface area contributed by atoms with Crippen molar-refractivity contribution >= 4 is 23.2 Å². The maximum Gasteiger partial charge on any atom is 0.208 e. The summed E-state index contributed by atoms with van der Waals surface area (Å²) in [6.45, 7) is 2.76. The standard InChI is InChI=1S/C14H16Cl2N2O3/c1-9-5-18-14(21-9)7-17-6-11(19)8-20-13-3-2-10(15)4-12(13)16/h2-5,11,17,19H,6-8H2,1H3. The minimum absolute atomic E-state index is 0.124. The van der Waals surface area contributed by atoms with Gasteiger partial charge in [0.2, 0.25) is 5.89 Å². The van der Waals surface area contributed by atoms with Gasteiger partial charge in [-0.15, -0.1) is 0 Å². The monoisotopic (exact) mass is 330 g/mol. The van der Waals surface area contributed by atoms with Gasteiger partial charge in [-0.3, -0.25) is 0 Å². The van der Waals surface area contributed by atoms with Crippen molar-refractivity contribution in [2.45, 2.75) is 19.6 Å². The van der Waals surface area contributed by atoms with Gasteiger partial charge < -0.3 is 19.6 Å². The van der Waals surface area contributed by atoms with Gasteiger partial charge in [0.05, 0.1) is 17.8 Å². The molecule has 21 heavy (non-hydrogen) atoms. The van der Waals surface area contributed by atoms with Crippen LogP contribution in [0.25, 0.3) is 0 Å². The molecule has 2 rings (SSSR count). The molecule has 1 atom stereocenters. The predicted octanol–water partition coefficient (Wildman–Crippen LogP) is 2.82. The predicted molar refractivity (Wildman–Crippen MR) is 80.9 cm³/mol. The number of hydrogen-bond donors (Lipinski definition) is 2. The molecule has 114 valence electrons. The summed E-state index contributed by atoms with van der Waals surface area (Å²) < 4.78 is 10.7. The van der Waals surface area contributed by atoms with E-state index in [1.807, 2.05) is 6.92 Å². The summed E-state index contributed by atoms with van der Waals surface area (Å²) >= 11 is 11.8. The lowest BCUT2D eigenvalue weighted by atomic mass is 10.3. The molecule has 5 nitrogen and oxygen atoms in total. The van der Waals surface area contributed by atoms with Crippen molar-refractivity contribution in [3.05, 3.63) is 46.1 Å². The molecule has 0 bridgehead atoms. The summed E-state index contributed by atoms with van der Waals surface area (Å²) in [7, 11) is 0. The number of benzene rings is 1. The van der Waals surface area contributed by atoms with E-state index in [1.54, 1.807) is 24.4 Å². The Kier molecular flexibility index (Phi) is 5.87. The Hall–Kier alpha value is -1.27. The van der Waals surface area contributed by atoms with E-state index < -0.39 is 6.10 Å². The van der Waals surface area contributed by atoms with Crippen LogP contribution in [0.3, 0.4) is 0 Å². The normalized spacial score (nSPS) is 12.4. The first-order chi connectivity index (χ1) is 10.0. The third-order valence-electron chi connectivity index (χ3n) is 2.65. The summed E-state index contributed by atoms with van der Waals surface area (Å²) in [5, 5.41) is 13.8. The quantitative estimate of drug-likeness (QED) is 0.817. The fourth-order valence-electron chi connectivity index (χ4n) is 1.67. The first kappa shape index (κ1) is 16.1. The fraction of sp³-hybridized carbons (Fsp3) is 0.357. The zero-order chi connectivity index (χ0) is 15.2. The minimum Gasteiger partial charge on any atom is -0.489 e. The maximum absolute atomic E-state index is 9.83. The maximum atomic E-state index is 9.83. The number of nitrogens with one attached hydrogen (secondary N) is 1. The Morgan fingerprint density at radius 3 is 2.90 bits per heavy atom. The van der Waals surface area contributed by atoms with Crippen LogP contribution in [0.1, 0.15) is 11.7 Å². The fourth-order valence-corrected chi connectivity index (χ4v) is 2.13. The minimum atomic E-state index is -0.673. The first-order valence-electron chi connectivity index (χ1n) is 6.42. The number of aryl methyl sites for hydroxylation is 1. The lowest BCUT2D eigenvalue weighted by Gasteiger charge is -2.13. The molecule has 2 aromatic rings. The van der Waals surface area contributed by atoms with Crippen LogP contribution in [0.4, 0.5) is 0 Å². The number of aliphatic hydroxyl groups excluding tert-OH is 1. The number of nitrogens with zero attached hydrogens (tertiary/aromatic N) is 1. The second kappa shape index (κ2) is 7.66. The van der Waals surface area contributed by atoms with E-state index >= 15 is 0 Å². The molecule has 1 heterocycles. The molecule has 0 fully saturated rings. The van der Waals surface area contributed by atoms with Gasteiger partial charge in [0.15, 0.2) is 0 Å². The Labute approximate surface area is 132 Å². The van der Waals surface area contributed by atoms with Crippen LogP contribution in [-0.4, -0.2) is 29.3 Å². The number of halogens is 2. The molecule has 1 aromatic carbocycles. The molecule has 0 saturated carbocycles. The summed E-state index contributed by atoms with van der Waals surface area (Å²) in [5.41, 5.74) is 0. The van der Waals surface area contributed by atoms with Crippen LogP contribution in [0, 0.1) is 6.92 Å². The van der Waals surface area contributed by atoms with E-state index in [1.165, 1.54) is 0 Å². The van der Waals surface area contributed by atoms with E-state index in [0.717, 1.165) is 5.76 Å². The highest BCUT2D eigenvalue weighted by Crippen LogP contribution is 2.27. The molecule has 0 radical (unpaired) electrons. The Balaban J connectivity index is 1.70. The van der Waals surface area contributed by atoms with Crippen LogP contribution in [0.5, 0.6) is 5.75 Å². The van der Waals surface area contributed by atoms with E-state index in [-0.39, 0.29) is 6.61 Å². The number of aromatic nitrogens is 1. The SMILES string of the molecule is Cc1cnc(CNCC(O)COc2ccc(Cl)cc2Cl)o1. The molecule has 0 aliphatic rings. The molecule has 0 spiro atoms. The smallest absolute Gasteiger partial charge is 0.208 e. The second-order valence-corrected chi connectivity index (χ2v) is 5.38. The first-order valence-corrected chi connectivity index (χ1v) is 7.18. The summed E-state index contributed by atoms with van der Waals surface area (Å²) in [5.74, 6) is 1.83. The molecular weight excluding hydrogens is 315 g/mol. The van der Waals surface area contributed by atoms with E-state index in [2.05, 4.69) is 10.3 Å². The van der Waals surface area contributed by atoms with Gasteiger partial charge in [-0.25, -0.2) is 4.98 Å². The van der Waals surface area contributed by atoms with Gasteiger partial charge in [-0.2, -0.15) is 0 Å². The Bertz CT molecular complexity index is 589. The van der Waals surface area contributed by atoms with Gasteiger partial charge in [-0.1, -0.05) is 23.2 Å². The van der Waals surface area contributed by atoms with Gasteiger partial charge in [-0.05, 0) is 25.1 Å². The van der Waals surface area contributed by atoms with Crippen LogP contribution in [0.15, 0.2) is 28.8 Å². The zero-order valence-electron chi connectivity index (χ0n) is 11.5. The highest BCUT2D eigenvalue weighted by atomic mass is 35.5. The number of aliphatic hydroxyl groups is 1. The van der Waals surface area contributed by atoms with Crippen molar-refractivity contribution in [3.63, 3.8) is 0 Å². The van der Waals surface area contributed by atoms with Gasteiger partial charge in [0, 0.05) is 11.6 Å². The van der Waals surface area contributed by atoms with Crippen LogP contribution < -0.4 is 10.1 Å². The van der Waals surface area contributed by atoms with Crippen LogP contribution in [0.2, 0.25) is 10.0 Å². The third kappa shape index (κ3) is 5.21. The molecule has 7 heteroatoms. The molecular formula is C14H16Cl2N2O3.